The van der Waals surface area contributed by atoms with Crippen molar-refractivity contribution in [1.29, 1.82) is 5.26 Å². The molecule has 5 nitrogen and oxygen atoms in total. The minimum atomic E-state index is -0.329. The zero-order valence-electron chi connectivity index (χ0n) is 10.3. The maximum atomic E-state index is 11.4. The number of nitrogens with two attached hydrogens (primary N) is 1. The van der Waals surface area contributed by atoms with Gasteiger partial charge in [0.2, 0.25) is 5.91 Å². The van der Waals surface area contributed by atoms with Crippen LogP contribution in [0.1, 0.15) is 11.1 Å². The Morgan fingerprint density at radius 3 is 3.00 bits per heavy atom. The fourth-order valence-electron chi connectivity index (χ4n) is 2.22. The number of nitriles is 1. The smallest absolute Gasteiger partial charge is 0.241 e. The van der Waals surface area contributed by atoms with Gasteiger partial charge in [-0.1, -0.05) is 0 Å². The van der Waals surface area contributed by atoms with E-state index in [-0.39, 0.29) is 11.9 Å². The summed E-state index contributed by atoms with van der Waals surface area (Å²) in [6.07, 6.45) is 0. The summed E-state index contributed by atoms with van der Waals surface area (Å²) in [5, 5.41) is 12.1. The van der Waals surface area contributed by atoms with E-state index in [9.17, 15) is 4.79 Å². The van der Waals surface area contributed by atoms with E-state index in [0.717, 1.165) is 24.3 Å². The normalized spacial score (nSPS) is 19.3. The van der Waals surface area contributed by atoms with Gasteiger partial charge in [-0.3, -0.25) is 4.79 Å². The molecule has 1 aromatic rings. The minimum Gasteiger partial charge on any atom is -0.368 e. The summed E-state index contributed by atoms with van der Waals surface area (Å²) in [7, 11) is 0. The van der Waals surface area contributed by atoms with E-state index >= 15 is 0 Å². The molecule has 1 saturated heterocycles. The summed E-state index contributed by atoms with van der Waals surface area (Å²) in [6, 6.07) is 7.39. The predicted molar refractivity (Wildman–Crippen MR) is 69.1 cm³/mol. The van der Waals surface area contributed by atoms with Gasteiger partial charge >= 0.3 is 0 Å². The van der Waals surface area contributed by atoms with Crippen molar-refractivity contribution in [2.75, 3.05) is 24.5 Å². The van der Waals surface area contributed by atoms with E-state index in [1.807, 2.05) is 24.0 Å². The van der Waals surface area contributed by atoms with Crippen molar-refractivity contribution in [3.8, 4) is 6.07 Å². The van der Waals surface area contributed by atoms with Crippen molar-refractivity contribution in [3.05, 3.63) is 29.3 Å². The van der Waals surface area contributed by atoms with Crippen LogP contribution in [0.5, 0.6) is 0 Å². The first-order chi connectivity index (χ1) is 8.63. The lowest BCUT2D eigenvalue weighted by Crippen LogP contribution is -2.57. The summed E-state index contributed by atoms with van der Waals surface area (Å²) in [6.45, 7) is 4.01. The summed E-state index contributed by atoms with van der Waals surface area (Å²) in [5.74, 6) is -0.329. The third-order valence-corrected chi connectivity index (χ3v) is 3.23. The lowest BCUT2D eigenvalue weighted by Gasteiger charge is -2.36. The molecule has 1 heterocycles. The Morgan fingerprint density at radius 2 is 2.39 bits per heavy atom. The lowest BCUT2D eigenvalue weighted by molar-refractivity contribution is -0.119. The number of rotatable bonds is 2. The van der Waals surface area contributed by atoms with Gasteiger partial charge in [0.15, 0.2) is 0 Å². The second-order valence-electron chi connectivity index (χ2n) is 4.43. The second kappa shape index (κ2) is 5.07. The molecule has 3 N–H and O–H groups in total. The first-order valence-corrected chi connectivity index (χ1v) is 5.91. The number of benzene rings is 1. The number of primary amides is 1. The number of nitrogens with zero attached hydrogens (tertiary/aromatic N) is 2. The third kappa shape index (κ3) is 2.29. The second-order valence-corrected chi connectivity index (χ2v) is 4.43. The van der Waals surface area contributed by atoms with Crippen molar-refractivity contribution < 1.29 is 4.79 Å². The molecule has 0 radical (unpaired) electrons. The van der Waals surface area contributed by atoms with Crippen molar-refractivity contribution in [2.45, 2.75) is 13.0 Å². The van der Waals surface area contributed by atoms with Gasteiger partial charge < -0.3 is 16.0 Å². The Bertz CT molecular complexity index is 506. The van der Waals surface area contributed by atoms with Crippen LogP contribution in [-0.4, -0.2) is 31.6 Å². The molecule has 94 valence electrons. The summed E-state index contributed by atoms with van der Waals surface area (Å²) >= 11 is 0. The molecule has 2 rings (SSSR count). The Kier molecular flexibility index (Phi) is 3.49. The predicted octanol–water partition coefficient (Wildman–Crippen LogP) is 0.130. The number of anilines is 1. The van der Waals surface area contributed by atoms with Crippen LogP contribution in [0, 0.1) is 18.3 Å². The highest BCUT2D eigenvalue weighted by atomic mass is 16.1. The van der Waals surface area contributed by atoms with Gasteiger partial charge in [0.1, 0.15) is 6.04 Å². The van der Waals surface area contributed by atoms with Gasteiger partial charge in [0.05, 0.1) is 11.6 Å². The topological polar surface area (TPSA) is 82.2 Å². The van der Waals surface area contributed by atoms with E-state index in [0.29, 0.717) is 12.1 Å². The molecule has 0 spiro atoms. The minimum absolute atomic E-state index is 0.328. The maximum Gasteiger partial charge on any atom is 0.241 e. The van der Waals surface area contributed by atoms with Gasteiger partial charge in [-0.2, -0.15) is 5.26 Å². The molecule has 1 atom stereocenters. The molecular weight excluding hydrogens is 228 g/mol. The average Bonchev–Trinajstić information content (AvgIpc) is 2.38. The molecule has 1 aromatic carbocycles. The van der Waals surface area contributed by atoms with Crippen molar-refractivity contribution in [1.82, 2.24) is 5.32 Å². The Balaban J connectivity index is 2.32. The summed E-state index contributed by atoms with van der Waals surface area (Å²) in [5.41, 5.74) is 7.93. The first-order valence-electron chi connectivity index (χ1n) is 5.91. The van der Waals surface area contributed by atoms with E-state index in [2.05, 4.69) is 11.4 Å². The number of aryl methyl sites for hydroxylation is 1. The fourth-order valence-corrected chi connectivity index (χ4v) is 2.22. The molecule has 1 fully saturated rings. The molecule has 0 bridgehead atoms. The number of hydrogen-bond acceptors (Lipinski definition) is 4. The van der Waals surface area contributed by atoms with Crippen LogP contribution in [0.25, 0.3) is 0 Å². The average molecular weight is 244 g/mol. The molecule has 1 aliphatic rings. The third-order valence-electron chi connectivity index (χ3n) is 3.23. The largest absolute Gasteiger partial charge is 0.368 e. The fraction of sp³-hybridized carbons (Fsp3) is 0.385. The van der Waals surface area contributed by atoms with Crippen LogP contribution in [0.2, 0.25) is 0 Å². The molecule has 0 saturated carbocycles. The maximum absolute atomic E-state index is 11.4. The van der Waals surface area contributed by atoms with Gasteiger partial charge in [-0.25, -0.2) is 0 Å². The zero-order valence-corrected chi connectivity index (χ0v) is 10.3. The summed E-state index contributed by atoms with van der Waals surface area (Å²) < 4.78 is 0. The summed E-state index contributed by atoms with van der Waals surface area (Å²) in [4.78, 5) is 13.4. The highest BCUT2D eigenvalue weighted by Crippen LogP contribution is 2.21. The van der Waals surface area contributed by atoms with Crippen LogP contribution in [0.15, 0.2) is 18.2 Å². The zero-order chi connectivity index (χ0) is 13.1. The number of nitrogens with one attached hydrogen (secondary N) is 1. The molecule has 1 aliphatic heterocycles. The van der Waals surface area contributed by atoms with Crippen molar-refractivity contribution in [2.24, 2.45) is 5.73 Å². The molecule has 0 aromatic heterocycles. The van der Waals surface area contributed by atoms with Gasteiger partial charge in [0, 0.05) is 25.3 Å². The van der Waals surface area contributed by atoms with E-state index in [1.54, 1.807) is 6.07 Å². The molecule has 1 unspecified atom stereocenters. The number of hydrogen-bond donors (Lipinski definition) is 2. The highest BCUT2D eigenvalue weighted by Gasteiger charge is 2.27. The Morgan fingerprint density at radius 1 is 1.61 bits per heavy atom. The van der Waals surface area contributed by atoms with E-state index in [1.165, 1.54) is 0 Å². The first kappa shape index (κ1) is 12.4. The standard InChI is InChI=1S/C13H16N4O/c1-9-6-11(3-2-10(9)7-14)17-5-4-16-8-12(17)13(15)18/h2-3,6,12,16H,4-5,8H2,1H3,(H2,15,18). The van der Waals surface area contributed by atoms with E-state index in [4.69, 9.17) is 11.0 Å². The molecule has 5 heteroatoms. The number of piperazine rings is 1. The van der Waals surface area contributed by atoms with Gasteiger partial charge in [-0.15, -0.1) is 0 Å². The molecular formula is C13H16N4O. The highest BCUT2D eigenvalue weighted by molar-refractivity contribution is 5.84. The van der Waals surface area contributed by atoms with Crippen LogP contribution in [-0.2, 0) is 4.79 Å². The van der Waals surface area contributed by atoms with E-state index < -0.39 is 0 Å². The Hall–Kier alpha value is -2.06. The number of carbonyl (C=O) groups excluding carboxylic acids is 1. The van der Waals surface area contributed by atoms with Gasteiger partial charge in [-0.05, 0) is 30.7 Å². The monoisotopic (exact) mass is 244 g/mol. The molecule has 18 heavy (non-hydrogen) atoms. The Labute approximate surface area is 106 Å². The number of amides is 1. The molecule has 0 aliphatic carbocycles. The van der Waals surface area contributed by atoms with Crippen LogP contribution in [0.4, 0.5) is 5.69 Å². The van der Waals surface area contributed by atoms with Crippen molar-refractivity contribution >= 4 is 11.6 Å². The quantitative estimate of drug-likeness (QED) is 0.774. The van der Waals surface area contributed by atoms with Crippen LogP contribution >= 0.6 is 0 Å². The number of carbonyl (C=O) groups is 1. The van der Waals surface area contributed by atoms with Crippen LogP contribution < -0.4 is 16.0 Å². The molecule has 1 amide bonds. The lowest BCUT2D eigenvalue weighted by atomic mass is 10.1. The van der Waals surface area contributed by atoms with Crippen molar-refractivity contribution in [3.63, 3.8) is 0 Å². The van der Waals surface area contributed by atoms with Gasteiger partial charge in [0.25, 0.3) is 0 Å². The van der Waals surface area contributed by atoms with Crippen LogP contribution in [0.3, 0.4) is 0 Å². The SMILES string of the molecule is Cc1cc(N2CCNCC2C(N)=O)ccc1C#N.